The Labute approximate surface area is 171 Å². The summed E-state index contributed by atoms with van der Waals surface area (Å²) in [5.74, 6) is -0.935. The van der Waals surface area contributed by atoms with Crippen LogP contribution in [-0.2, 0) is 29.1 Å². The van der Waals surface area contributed by atoms with E-state index in [2.05, 4.69) is 5.32 Å². The Bertz CT molecular complexity index is 844. The highest BCUT2D eigenvalue weighted by Crippen LogP contribution is 2.18. The Hall–Kier alpha value is -2.23. The predicted molar refractivity (Wildman–Crippen MR) is 109 cm³/mol. The van der Waals surface area contributed by atoms with Gasteiger partial charge in [0.1, 0.15) is 5.54 Å². The highest BCUT2D eigenvalue weighted by atomic mass is 32.2. The zero-order valence-electron chi connectivity index (χ0n) is 17.0. The van der Waals surface area contributed by atoms with E-state index in [0.717, 1.165) is 0 Å². The second-order valence-electron chi connectivity index (χ2n) is 6.98. The highest BCUT2D eigenvalue weighted by Gasteiger charge is 2.34. The van der Waals surface area contributed by atoms with Crippen molar-refractivity contribution >= 4 is 28.0 Å². The Morgan fingerprint density at radius 3 is 2.41 bits per heavy atom. The summed E-state index contributed by atoms with van der Waals surface area (Å²) in [6.45, 7) is 4.98. The van der Waals surface area contributed by atoms with E-state index in [1.807, 2.05) is 6.92 Å². The Morgan fingerprint density at radius 2 is 1.86 bits per heavy atom. The van der Waals surface area contributed by atoms with Crippen molar-refractivity contribution < 1.29 is 27.5 Å². The van der Waals surface area contributed by atoms with Gasteiger partial charge in [0, 0.05) is 19.2 Å². The Kier molecular flexibility index (Phi) is 7.95. The first kappa shape index (κ1) is 23.1. The number of esters is 1. The van der Waals surface area contributed by atoms with E-state index < -0.39 is 27.4 Å². The van der Waals surface area contributed by atoms with Crippen LogP contribution >= 0.6 is 0 Å². The minimum atomic E-state index is -3.55. The first-order valence-electron chi connectivity index (χ1n) is 9.49. The monoisotopic (exact) mass is 424 g/mol. The molecule has 1 aliphatic heterocycles. The van der Waals surface area contributed by atoms with Crippen LogP contribution in [0.25, 0.3) is 6.08 Å². The summed E-state index contributed by atoms with van der Waals surface area (Å²) in [6, 6.07) is 6.28. The fraction of sp³-hybridized carbons (Fsp3) is 0.500. The largest absolute Gasteiger partial charge is 0.467 e. The molecule has 9 heteroatoms. The standard InChI is InChI=1S/C20H28N2O6S/c1-4-11-20(2,19(24)27-3)21-18(23)10-7-16-5-8-17(9-6-16)29(25,26)22-12-14-28-15-13-22/h5-10H,4,11-15H2,1-3H3,(H,21,23)/b10-7+. The van der Waals surface area contributed by atoms with Gasteiger partial charge in [-0.05, 0) is 37.1 Å². The number of hydrogen-bond acceptors (Lipinski definition) is 6. The van der Waals surface area contributed by atoms with Gasteiger partial charge < -0.3 is 14.8 Å². The van der Waals surface area contributed by atoms with Crippen molar-refractivity contribution in [3.05, 3.63) is 35.9 Å². The summed E-state index contributed by atoms with van der Waals surface area (Å²) < 4.78 is 36.6. The van der Waals surface area contributed by atoms with Crippen LogP contribution in [0.2, 0.25) is 0 Å². The normalized spacial score (nSPS) is 17.6. The number of morpholine rings is 1. The number of carbonyl (C=O) groups excluding carboxylic acids is 2. The smallest absolute Gasteiger partial charge is 0.331 e. The predicted octanol–water partition coefficient (Wildman–Crippen LogP) is 1.57. The molecule has 1 N–H and O–H groups in total. The first-order valence-corrected chi connectivity index (χ1v) is 10.9. The van der Waals surface area contributed by atoms with Crippen molar-refractivity contribution in [1.29, 1.82) is 0 Å². The van der Waals surface area contributed by atoms with Crippen molar-refractivity contribution in [1.82, 2.24) is 9.62 Å². The van der Waals surface area contributed by atoms with Gasteiger partial charge in [-0.25, -0.2) is 13.2 Å². The number of ether oxygens (including phenoxy) is 2. The number of carbonyl (C=O) groups is 2. The maximum atomic E-state index is 12.6. The van der Waals surface area contributed by atoms with Gasteiger partial charge in [-0.2, -0.15) is 4.31 Å². The summed E-state index contributed by atoms with van der Waals surface area (Å²) in [7, 11) is -2.27. The lowest BCUT2D eigenvalue weighted by Crippen LogP contribution is -2.52. The van der Waals surface area contributed by atoms with Gasteiger partial charge in [-0.3, -0.25) is 4.79 Å². The third-order valence-electron chi connectivity index (χ3n) is 4.70. The van der Waals surface area contributed by atoms with Crippen molar-refractivity contribution in [3.63, 3.8) is 0 Å². The van der Waals surface area contributed by atoms with Crippen molar-refractivity contribution in [2.24, 2.45) is 0 Å². The van der Waals surface area contributed by atoms with E-state index in [4.69, 9.17) is 9.47 Å². The summed E-state index contributed by atoms with van der Waals surface area (Å²) in [6.07, 6.45) is 4.02. The number of nitrogens with one attached hydrogen (secondary N) is 1. The molecule has 1 saturated heterocycles. The van der Waals surface area contributed by atoms with Crippen LogP contribution < -0.4 is 5.32 Å². The molecule has 1 aromatic rings. The maximum absolute atomic E-state index is 12.6. The third-order valence-corrected chi connectivity index (χ3v) is 6.61. The zero-order valence-corrected chi connectivity index (χ0v) is 17.8. The molecule has 0 saturated carbocycles. The molecular formula is C20H28N2O6S. The third kappa shape index (κ3) is 5.88. The summed E-state index contributed by atoms with van der Waals surface area (Å²) in [5, 5.41) is 2.68. The fourth-order valence-corrected chi connectivity index (χ4v) is 4.52. The molecule has 29 heavy (non-hydrogen) atoms. The molecule has 0 spiro atoms. The lowest BCUT2D eigenvalue weighted by molar-refractivity contribution is -0.150. The second-order valence-corrected chi connectivity index (χ2v) is 8.92. The molecule has 0 aromatic heterocycles. The number of benzene rings is 1. The van der Waals surface area contributed by atoms with Gasteiger partial charge in [-0.15, -0.1) is 0 Å². The van der Waals surface area contributed by atoms with E-state index in [9.17, 15) is 18.0 Å². The number of hydrogen-bond donors (Lipinski definition) is 1. The number of nitrogens with zero attached hydrogens (tertiary/aromatic N) is 1. The quantitative estimate of drug-likeness (QED) is 0.502. The summed E-state index contributed by atoms with van der Waals surface area (Å²) in [5.41, 5.74) is -0.433. The van der Waals surface area contributed by atoms with E-state index in [0.29, 0.717) is 44.7 Å². The molecule has 1 unspecified atom stereocenters. The van der Waals surface area contributed by atoms with Gasteiger partial charge in [-0.1, -0.05) is 25.5 Å². The SMILES string of the molecule is CCCC(C)(NC(=O)/C=C/c1ccc(S(=O)(=O)N2CCOCC2)cc1)C(=O)OC. The molecule has 2 rings (SSSR count). The van der Waals surface area contributed by atoms with E-state index in [1.54, 1.807) is 25.1 Å². The van der Waals surface area contributed by atoms with Crippen molar-refractivity contribution in [3.8, 4) is 0 Å². The first-order chi connectivity index (χ1) is 13.7. The van der Waals surface area contributed by atoms with Gasteiger partial charge in [0.25, 0.3) is 0 Å². The van der Waals surface area contributed by atoms with Crippen LogP contribution in [0.15, 0.2) is 35.2 Å². The molecule has 1 aromatic carbocycles. The molecule has 0 bridgehead atoms. The molecule has 1 atom stereocenters. The molecule has 0 radical (unpaired) electrons. The van der Waals surface area contributed by atoms with Crippen LogP contribution in [-0.4, -0.2) is 63.6 Å². The van der Waals surface area contributed by atoms with Crippen molar-refractivity contribution in [2.45, 2.75) is 37.1 Å². The molecular weight excluding hydrogens is 396 g/mol. The average molecular weight is 425 g/mol. The molecule has 1 fully saturated rings. The van der Waals surface area contributed by atoms with Gasteiger partial charge >= 0.3 is 5.97 Å². The van der Waals surface area contributed by atoms with E-state index >= 15 is 0 Å². The zero-order chi connectivity index (χ0) is 21.5. The van der Waals surface area contributed by atoms with Crippen LogP contribution in [0.5, 0.6) is 0 Å². The summed E-state index contributed by atoms with van der Waals surface area (Å²) >= 11 is 0. The Morgan fingerprint density at radius 1 is 1.24 bits per heavy atom. The number of amides is 1. The van der Waals surface area contributed by atoms with Gasteiger partial charge in [0.05, 0.1) is 25.2 Å². The molecule has 8 nitrogen and oxygen atoms in total. The molecule has 1 heterocycles. The van der Waals surface area contributed by atoms with Crippen molar-refractivity contribution in [2.75, 3.05) is 33.4 Å². The number of methoxy groups -OCH3 is 1. The molecule has 160 valence electrons. The second kappa shape index (κ2) is 10.00. The molecule has 1 aliphatic rings. The van der Waals surface area contributed by atoms with Gasteiger partial charge in [0.2, 0.25) is 15.9 Å². The number of sulfonamides is 1. The minimum absolute atomic E-state index is 0.196. The van der Waals surface area contributed by atoms with Crippen LogP contribution in [0.4, 0.5) is 0 Å². The van der Waals surface area contributed by atoms with Crippen LogP contribution in [0.1, 0.15) is 32.3 Å². The molecule has 0 aliphatic carbocycles. The van der Waals surface area contributed by atoms with E-state index in [1.165, 1.54) is 29.6 Å². The van der Waals surface area contributed by atoms with Crippen LogP contribution in [0.3, 0.4) is 0 Å². The number of rotatable bonds is 8. The fourth-order valence-electron chi connectivity index (χ4n) is 3.11. The topological polar surface area (TPSA) is 102 Å². The maximum Gasteiger partial charge on any atom is 0.331 e. The van der Waals surface area contributed by atoms with E-state index in [-0.39, 0.29) is 4.90 Å². The highest BCUT2D eigenvalue weighted by molar-refractivity contribution is 7.89. The minimum Gasteiger partial charge on any atom is -0.467 e. The lowest BCUT2D eigenvalue weighted by atomic mass is 9.96. The van der Waals surface area contributed by atoms with Crippen LogP contribution in [0, 0.1) is 0 Å². The lowest BCUT2D eigenvalue weighted by Gasteiger charge is -2.26. The average Bonchev–Trinajstić information content (AvgIpc) is 2.72. The summed E-state index contributed by atoms with van der Waals surface area (Å²) in [4.78, 5) is 24.4. The Balaban J connectivity index is 2.05. The van der Waals surface area contributed by atoms with Gasteiger partial charge in [0.15, 0.2) is 0 Å². The molecule has 1 amide bonds.